The maximum Gasteiger partial charge on any atom is 0.198 e. The van der Waals surface area contributed by atoms with Crippen molar-refractivity contribution in [2.24, 2.45) is 0 Å². The van der Waals surface area contributed by atoms with Crippen molar-refractivity contribution in [2.75, 3.05) is 25.4 Å². The van der Waals surface area contributed by atoms with Crippen molar-refractivity contribution in [1.29, 1.82) is 0 Å². The first kappa shape index (κ1) is 6.11. The van der Waals surface area contributed by atoms with E-state index in [0.29, 0.717) is 0 Å². The van der Waals surface area contributed by atoms with Gasteiger partial charge in [0.1, 0.15) is 6.61 Å². The van der Waals surface area contributed by atoms with Crippen molar-refractivity contribution in [3.63, 3.8) is 0 Å². The first-order chi connectivity index (χ1) is 3.93. The fourth-order valence-corrected chi connectivity index (χ4v) is 1.54. The zero-order valence-corrected chi connectivity index (χ0v) is 5.52. The maximum absolute atomic E-state index is 8.46. The normalized spacial score (nSPS) is 18.9. The highest BCUT2D eigenvalue weighted by molar-refractivity contribution is 8.12. The van der Waals surface area contributed by atoms with Crippen LogP contribution in [0.4, 0.5) is 0 Å². The summed E-state index contributed by atoms with van der Waals surface area (Å²) in [5.41, 5.74) is 2.08. The van der Waals surface area contributed by atoms with Crippen molar-refractivity contribution >= 4 is 17.3 Å². The summed E-state index contributed by atoms with van der Waals surface area (Å²) in [4.78, 5) is 0. The lowest BCUT2D eigenvalue weighted by Crippen LogP contribution is -2.14. The molecule has 1 aliphatic heterocycles. The van der Waals surface area contributed by atoms with Gasteiger partial charge in [-0.25, -0.2) is 4.58 Å². The summed E-state index contributed by atoms with van der Waals surface area (Å²) in [6.45, 7) is 2.18. The molecule has 0 atom stereocenters. The molecule has 0 fully saturated rings. The van der Waals surface area contributed by atoms with Crippen LogP contribution >= 0.6 is 11.8 Å². The number of thioether (sulfide) groups is 1. The first-order valence-corrected chi connectivity index (χ1v) is 3.78. The highest BCUT2D eigenvalue weighted by Crippen LogP contribution is 2.00. The SMILES string of the molecule is OCC[N+]1=CSCC1. The molecule has 0 unspecified atom stereocenters. The van der Waals surface area contributed by atoms with E-state index in [1.807, 2.05) is 11.8 Å². The second kappa shape index (κ2) is 3.10. The van der Waals surface area contributed by atoms with Gasteiger partial charge in [-0.05, 0) is 0 Å². The van der Waals surface area contributed by atoms with Crippen LogP contribution in [0.25, 0.3) is 0 Å². The third-order valence-electron chi connectivity index (χ3n) is 1.11. The molecule has 1 rings (SSSR count). The minimum absolute atomic E-state index is 0.275. The van der Waals surface area contributed by atoms with Gasteiger partial charge in [-0.3, -0.25) is 0 Å². The second-order valence-corrected chi connectivity index (χ2v) is 2.69. The van der Waals surface area contributed by atoms with Crippen LogP contribution in [0.1, 0.15) is 0 Å². The van der Waals surface area contributed by atoms with E-state index < -0.39 is 0 Å². The number of aliphatic hydroxyl groups is 1. The maximum atomic E-state index is 8.46. The predicted molar refractivity (Wildman–Crippen MR) is 35.6 cm³/mol. The Morgan fingerprint density at radius 2 is 2.62 bits per heavy atom. The summed E-state index contributed by atoms with van der Waals surface area (Å²) in [5, 5.41) is 8.46. The van der Waals surface area contributed by atoms with E-state index in [4.69, 9.17) is 5.11 Å². The molecular weight excluding hydrogens is 122 g/mol. The van der Waals surface area contributed by atoms with E-state index in [-0.39, 0.29) is 6.61 Å². The molecule has 0 radical (unpaired) electrons. The van der Waals surface area contributed by atoms with E-state index >= 15 is 0 Å². The highest BCUT2D eigenvalue weighted by Gasteiger charge is 2.08. The molecule has 0 saturated carbocycles. The average Bonchev–Trinajstić information content (AvgIpc) is 2.19. The molecule has 0 aromatic heterocycles. The van der Waals surface area contributed by atoms with Crippen LogP contribution in [0.3, 0.4) is 0 Å². The van der Waals surface area contributed by atoms with Gasteiger partial charge in [-0.15, -0.1) is 0 Å². The molecule has 1 heterocycles. The zero-order valence-electron chi connectivity index (χ0n) is 4.71. The molecule has 0 saturated heterocycles. The summed E-state index contributed by atoms with van der Waals surface area (Å²) >= 11 is 1.81. The minimum atomic E-state index is 0.275. The zero-order chi connectivity index (χ0) is 5.82. The van der Waals surface area contributed by atoms with E-state index in [9.17, 15) is 0 Å². The molecule has 2 nitrogen and oxygen atoms in total. The second-order valence-electron chi connectivity index (χ2n) is 1.74. The first-order valence-electron chi connectivity index (χ1n) is 2.73. The molecule has 3 heteroatoms. The van der Waals surface area contributed by atoms with Gasteiger partial charge in [0.2, 0.25) is 0 Å². The van der Waals surface area contributed by atoms with Gasteiger partial charge in [0.15, 0.2) is 18.6 Å². The van der Waals surface area contributed by atoms with Gasteiger partial charge in [0.05, 0.1) is 5.75 Å². The highest BCUT2D eigenvalue weighted by atomic mass is 32.2. The van der Waals surface area contributed by atoms with Crippen LogP contribution in [0.15, 0.2) is 0 Å². The van der Waals surface area contributed by atoms with Crippen molar-refractivity contribution in [1.82, 2.24) is 0 Å². The van der Waals surface area contributed by atoms with E-state index in [2.05, 4.69) is 10.1 Å². The molecule has 8 heavy (non-hydrogen) atoms. The monoisotopic (exact) mass is 132 g/mol. The molecular formula is C5H10NOS+. The van der Waals surface area contributed by atoms with E-state index in [1.165, 1.54) is 5.75 Å². The van der Waals surface area contributed by atoms with Crippen molar-refractivity contribution in [3.05, 3.63) is 0 Å². The van der Waals surface area contributed by atoms with Gasteiger partial charge in [-0.2, -0.15) is 0 Å². The largest absolute Gasteiger partial charge is 0.390 e. The topological polar surface area (TPSA) is 23.2 Å². The lowest BCUT2D eigenvalue weighted by atomic mass is 10.6. The molecule has 0 spiro atoms. The van der Waals surface area contributed by atoms with Crippen molar-refractivity contribution in [2.45, 2.75) is 0 Å². The van der Waals surface area contributed by atoms with Gasteiger partial charge in [0, 0.05) is 0 Å². The van der Waals surface area contributed by atoms with Crippen LogP contribution in [0.5, 0.6) is 0 Å². The quantitative estimate of drug-likeness (QED) is 0.524. The fourth-order valence-electron chi connectivity index (χ4n) is 0.674. The van der Waals surface area contributed by atoms with Crippen LogP contribution in [0, 0.1) is 0 Å². The lowest BCUT2D eigenvalue weighted by Gasteiger charge is -1.89. The van der Waals surface area contributed by atoms with E-state index in [0.717, 1.165) is 13.1 Å². The van der Waals surface area contributed by atoms with Crippen molar-refractivity contribution < 1.29 is 9.68 Å². The molecule has 0 bridgehead atoms. The minimum Gasteiger partial charge on any atom is -0.390 e. The van der Waals surface area contributed by atoms with Gasteiger partial charge >= 0.3 is 0 Å². The number of nitrogens with zero attached hydrogens (tertiary/aromatic N) is 1. The van der Waals surface area contributed by atoms with Crippen LogP contribution < -0.4 is 0 Å². The Labute approximate surface area is 53.2 Å². The molecule has 0 aromatic carbocycles. The van der Waals surface area contributed by atoms with Gasteiger partial charge in [-0.1, -0.05) is 11.8 Å². The molecule has 1 aliphatic rings. The van der Waals surface area contributed by atoms with Gasteiger partial charge < -0.3 is 5.11 Å². The number of aliphatic hydroxyl groups excluding tert-OH is 1. The smallest absolute Gasteiger partial charge is 0.198 e. The van der Waals surface area contributed by atoms with Crippen molar-refractivity contribution in [3.8, 4) is 0 Å². The summed E-state index contributed by atoms with van der Waals surface area (Å²) < 4.78 is 2.13. The molecule has 0 amide bonds. The summed E-state index contributed by atoms with van der Waals surface area (Å²) in [6.07, 6.45) is 0. The Morgan fingerprint density at radius 1 is 1.75 bits per heavy atom. The Kier molecular flexibility index (Phi) is 2.36. The number of hydrogen-bond donors (Lipinski definition) is 1. The fraction of sp³-hybridized carbons (Fsp3) is 0.800. The third kappa shape index (κ3) is 1.49. The number of hydrogen-bond acceptors (Lipinski definition) is 2. The molecule has 0 aromatic rings. The average molecular weight is 132 g/mol. The van der Waals surface area contributed by atoms with Gasteiger partial charge in [0.25, 0.3) is 0 Å². The molecule has 46 valence electrons. The summed E-state index contributed by atoms with van der Waals surface area (Å²) in [7, 11) is 0. The summed E-state index contributed by atoms with van der Waals surface area (Å²) in [5.74, 6) is 1.18. The van der Waals surface area contributed by atoms with Crippen LogP contribution in [-0.4, -0.2) is 40.7 Å². The Balaban J connectivity index is 2.23. The lowest BCUT2D eigenvalue weighted by molar-refractivity contribution is -0.515. The Morgan fingerprint density at radius 3 is 3.12 bits per heavy atom. The van der Waals surface area contributed by atoms with Crippen LogP contribution in [-0.2, 0) is 0 Å². The van der Waals surface area contributed by atoms with Crippen LogP contribution in [0.2, 0.25) is 0 Å². The standard InChI is InChI=1S/C5H10NOS/c7-3-1-6-2-4-8-5-6/h5,7H,1-4H2/q+1. The molecule has 1 N–H and O–H groups in total. The Hall–Kier alpha value is -0.0200. The number of rotatable bonds is 2. The summed E-state index contributed by atoms with van der Waals surface area (Å²) in [6, 6.07) is 0. The van der Waals surface area contributed by atoms with E-state index in [1.54, 1.807) is 0 Å². The predicted octanol–water partition coefficient (Wildman–Crippen LogP) is -0.234. The number of β-amino-alcohol motifs (C(OH)–C–C–N with tert-alkyl or cyclic N) is 1. The Bertz CT molecular complexity index is 103. The molecule has 0 aliphatic carbocycles. The third-order valence-corrected chi connectivity index (χ3v) is 1.97.